The van der Waals surface area contributed by atoms with Crippen molar-refractivity contribution in [2.45, 2.75) is 39.8 Å². The topological polar surface area (TPSA) is 102 Å². The van der Waals surface area contributed by atoms with Gasteiger partial charge < -0.3 is 4.74 Å². The van der Waals surface area contributed by atoms with Gasteiger partial charge in [0.2, 0.25) is 20.0 Å². The highest BCUT2D eigenvalue weighted by atomic mass is 32.2. The minimum atomic E-state index is -3.54. The number of methoxy groups -OCH3 is 1. The van der Waals surface area contributed by atoms with Gasteiger partial charge in [-0.15, -0.1) is 0 Å². The Bertz CT molecular complexity index is 556. The van der Waals surface area contributed by atoms with Gasteiger partial charge in [-0.2, -0.15) is 0 Å². The summed E-state index contributed by atoms with van der Waals surface area (Å²) in [6.07, 6.45) is 0.00351. The first kappa shape index (κ1) is 18.8. The first-order valence-corrected chi connectivity index (χ1v) is 10.3. The molecule has 126 valence electrons. The Hall–Kier alpha value is -0.220. The fourth-order valence-corrected chi connectivity index (χ4v) is 5.19. The molecule has 3 atom stereocenters. The van der Waals surface area contributed by atoms with Gasteiger partial charge in [0.1, 0.15) is 0 Å². The maximum atomic E-state index is 12.0. The molecule has 7 nitrogen and oxygen atoms in total. The van der Waals surface area contributed by atoms with Crippen molar-refractivity contribution in [3.05, 3.63) is 0 Å². The molecule has 1 aliphatic rings. The average molecular weight is 342 g/mol. The largest absolute Gasteiger partial charge is 0.380 e. The van der Waals surface area contributed by atoms with E-state index in [4.69, 9.17) is 4.74 Å². The van der Waals surface area contributed by atoms with Gasteiger partial charge in [0.15, 0.2) is 0 Å². The van der Waals surface area contributed by atoms with Crippen LogP contribution in [0.15, 0.2) is 0 Å². The molecule has 0 heterocycles. The molecule has 1 rings (SSSR count). The number of hydrogen-bond acceptors (Lipinski definition) is 5. The molecule has 0 radical (unpaired) electrons. The van der Waals surface area contributed by atoms with Crippen LogP contribution in [0.1, 0.15) is 27.7 Å². The van der Waals surface area contributed by atoms with Crippen molar-refractivity contribution in [1.29, 1.82) is 0 Å². The summed E-state index contributed by atoms with van der Waals surface area (Å²) >= 11 is 0. The lowest BCUT2D eigenvalue weighted by Gasteiger charge is -2.56. The molecule has 0 saturated heterocycles. The molecule has 0 bridgehead atoms. The Morgan fingerprint density at radius 2 is 1.71 bits per heavy atom. The van der Waals surface area contributed by atoms with Crippen molar-refractivity contribution in [3.8, 4) is 0 Å². The predicted octanol–water partition coefficient (Wildman–Crippen LogP) is -0.0954. The van der Waals surface area contributed by atoms with E-state index >= 15 is 0 Å². The number of ether oxygens (including phenoxy) is 1. The molecule has 1 fully saturated rings. The normalized spacial score (nSPS) is 29.1. The lowest BCUT2D eigenvalue weighted by atomic mass is 9.58. The minimum Gasteiger partial charge on any atom is -0.380 e. The van der Waals surface area contributed by atoms with Crippen LogP contribution in [0.25, 0.3) is 0 Å². The highest BCUT2D eigenvalue weighted by Crippen LogP contribution is 2.47. The second-order valence-electron chi connectivity index (χ2n) is 6.05. The fraction of sp³-hybridized carbons (Fsp3) is 1.00. The van der Waals surface area contributed by atoms with Gasteiger partial charge >= 0.3 is 0 Å². The number of rotatable bonds is 8. The van der Waals surface area contributed by atoms with Crippen molar-refractivity contribution in [1.82, 2.24) is 9.44 Å². The van der Waals surface area contributed by atoms with Gasteiger partial charge in [0.25, 0.3) is 0 Å². The van der Waals surface area contributed by atoms with E-state index in [1.54, 1.807) is 7.11 Å². The summed E-state index contributed by atoms with van der Waals surface area (Å²) in [7, 11) is -5.29. The first-order valence-electron chi connectivity index (χ1n) is 6.97. The molecule has 0 amide bonds. The van der Waals surface area contributed by atoms with Crippen molar-refractivity contribution in [2.24, 2.45) is 11.3 Å². The van der Waals surface area contributed by atoms with E-state index in [2.05, 4.69) is 9.44 Å². The van der Waals surface area contributed by atoms with E-state index in [9.17, 15) is 16.8 Å². The van der Waals surface area contributed by atoms with Crippen LogP contribution < -0.4 is 9.44 Å². The van der Waals surface area contributed by atoms with E-state index in [0.717, 1.165) is 0 Å². The molecule has 0 unspecified atom stereocenters. The third kappa shape index (κ3) is 4.38. The summed E-state index contributed by atoms with van der Waals surface area (Å²) in [5, 5.41) is 0. The third-order valence-corrected chi connectivity index (χ3v) is 6.93. The average Bonchev–Trinajstić information content (AvgIpc) is 2.36. The van der Waals surface area contributed by atoms with Crippen LogP contribution >= 0.6 is 0 Å². The minimum absolute atomic E-state index is 0.00351. The lowest BCUT2D eigenvalue weighted by molar-refractivity contribution is -0.138. The monoisotopic (exact) mass is 342 g/mol. The van der Waals surface area contributed by atoms with E-state index in [1.807, 2.05) is 20.8 Å². The maximum absolute atomic E-state index is 12.0. The van der Waals surface area contributed by atoms with Crippen molar-refractivity contribution < 1.29 is 21.6 Å². The summed E-state index contributed by atoms with van der Waals surface area (Å²) in [6, 6.07) is -0.213. The molecule has 0 aromatic carbocycles. The standard InChI is InChI=1S/C12H26N2O5S2/c1-6-20(15,16)13-7-8-21(17,18)14-10-9(2)11(19-5)12(10,3)4/h9-11,13-14H,6-8H2,1-5H3/t9-,10-,11-/m1/s1. The smallest absolute Gasteiger partial charge is 0.213 e. The summed E-state index contributed by atoms with van der Waals surface area (Å²) < 4.78 is 56.9. The molecule has 0 aromatic rings. The number of nitrogens with one attached hydrogen (secondary N) is 2. The SMILES string of the molecule is CCS(=O)(=O)NCCS(=O)(=O)N[C@@H]1[C@@H](C)[C@@H](OC)C1(C)C. The van der Waals surface area contributed by atoms with E-state index in [-0.39, 0.29) is 41.5 Å². The molecule has 0 aliphatic heterocycles. The Kier molecular flexibility index (Phi) is 5.82. The Balaban J connectivity index is 2.58. The summed E-state index contributed by atoms with van der Waals surface area (Å²) in [4.78, 5) is 0. The second kappa shape index (κ2) is 6.49. The highest BCUT2D eigenvalue weighted by molar-refractivity contribution is 7.90. The van der Waals surface area contributed by atoms with Crippen LogP contribution in [0.4, 0.5) is 0 Å². The molecule has 0 aromatic heterocycles. The Morgan fingerprint density at radius 1 is 1.14 bits per heavy atom. The van der Waals surface area contributed by atoms with Crippen LogP contribution in [0.2, 0.25) is 0 Å². The van der Waals surface area contributed by atoms with Crippen molar-refractivity contribution in [3.63, 3.8) is 0 Å². The summed E-state index contributed by atoms with van der Waals surface area (Å²) in [6.45, 7) is 7.22. The first-order chi connectivity index (χ1) is 9.47. The van der Waals surface area contributed by atoms with Gasteiger partial charge in [-0.3, -0.25) is 0 Å². The summed E-state index contributed by atoms with van der Waals surface area (Å²) in [5.41, 5.74) is -0.288. The quantitative estimate of drug-likeness (QED) is 0.642. The van der Waals surface area contributed by atoms with Gasteiger partial charge in [-0.1, -0.05) is 20.8 Å². The molecule has 21 heavy (non-hydrogen) atoms. The van der Waals surface area contributed by atoms with E-state index in [0.29, 0.717) is 0 Å². The zero-order valence-electron chi connectivity index (χ0n) is 13.2. The number of sulfonamides is 2. The molecule has 2 N–H and O–H groups in total. The molecule has 0 spiro atoms. The Morgan fingerprint density at radius 3 is 2.14 bits per heavy atom. The Labute approximate surface area is 127 Å². The molecular formula is C12H26N2O5S2. The van der Waals surface area contributed by atoms with Crippen LogP contribution in [-0.4, -0.2) is 54.1 Å². The van der Waals surface area contributed by atoms with Crippen molar-refractivity contribution >= 4 is 20.0 Å². The molecule has 1 aliphatic carbocycles. The molecular weight excluding hydrogens is 316 g/mol. The van der Waals surface area contributed by atoms with Crippen LogP contribution in [0, 0.1) is 11.3 Å². The summed E-state index contributed by atoms with van der Waals surface area (Å²) in [5.74, 6) is -0.265. The maximum Gasteiger partial charge on any atom is 0.213 e. The van der Waals surface area contributed by atoms with Crippen LogP contribution in [0.3, 0.4) is 0 Å². The number of hydrogen-bond donors (Lipinski definition) is 2. The van der Waals surface area contributed by atoms with Gasteiger partial charge in [0.05, 0.1) is 17.6 Å². The van der Waals surface area contributed by atoms with Gasteiger partial charge in [0, 0.05) is 25.1 Å². The van der Waals surface area contributed by atoms with E-state index in [1.165, 1.54) is 6.92 Å². The predicted molar refractivity (Wildman–Crippen MR) is 81.9 cm³/mol. The molecule has 1 saturated carbocycles. The second-order valence-corrected chi connectivity index (χ2v) is 10.0. The zero-order valence-corrected chi connectivity index (χ0v) is 14.8. The molecule has 9 heteroatoms. The fourth-order valence-electron chi connectivity index (χ4n) is 3.05. The van der Waals surface area contributed by atoms with Gasteiger partial charge in [-0.05, 0) is 12.8 Å². The zero-order chi connectivity index (χ0) is 16.5. The third-order valence-electron chi connectivity index (χ3n) is 4.17. The van der Waals surface area contributed by atoms with Crippen molar-refractivity contribution in [2.75, 3.05) is 25.2 Å². The highest BCUT2D eigenvalue weighted by Gasteiger charge is 2.55. The van der Waals surface area contributed by atoms with E-state index < -0.39 is 20.0 Å². The van der Waals surface area contributed by atoms with Gasteiger partial charge in [-0.25, -0.2) is 26.3 Å². The van der Waals surface area contributed by atoms with Crippen LogP contribution in [0.5, 0.6) is 0 Å². The lowest BCUT2D eigenvalue weighted by Crippen LogP contribution is -2.68. The van der Waals surface area contributed by atoms with Crippen LogP contribution in [-0.2, 0) is 24.8 Å².